The quantitative estimate of drug-likeness (QED) is 0.0246. The molecule has 0 aliphatic rings. The van der Waals surface area contributed by atoms with Crippen molar-refractivity contribution in [3.63, 3.8) is 0 Å². The minimum absolute atomic E-state index is 0.0712. The Morgan fingerprint density at radius 2 is 0.968 bits per heavy atom. The van der Waals surface area contributed by atoms with Crippen LogP contribution in [0.3, 0.4) is 0 Å². The Morgan fingerprint density at radius 1 is 0.516 bits per heavy atom. The molecule has 0 bridgehead atoms. The maximum absolute atomic E-state index is 13.2. The lowest BCUT2D eigenvalue weighted by atomic mass is 10.0. The molecule has 0 spiro atoms. The lowest BCUT2D eigenvalue weighted by Gasteiger charge is -2.23. The van der Waals surface area contributed by atoms with Crippen molar-refractivity contribution in [3.05, 3.63) is 122 Å². The van der Waals surface area contributed by atoms with E-state index in [0.29, 0.717) is 12.8 Å². The average molecular weight is 858 g/mol. The third-order valence-electron chi connectivity index (χ3n) is 10.4. The smallest absolute Gasteiger partial charge is 0.306 e. The van der Waals surface area contributed by atoms with E-state index in [-0.39, 0.29) is 31.3 Å². The first-order chi connectivity index (χ1) is 30.5. The molecule has 0 aromatic carbocycles. The SMILES string of the molecule is CC/C=C\C/C=C\C/C=C\C/C=C\C/C=C\C/C=C\C(CC(=O)NC(CO)C(O)CCCCCCCCCCCCCCC)OC(=O)CCCCC\C=C/C=C\C=C\C=C\CC. The van der Waals surface area contributed by atoms with Crippen LogP contribution in [0.4, 0.5) is 0 Å². The molecule has 0 saturated carbocycles. The molecule has 0 aromatic rings. The second-order valence-corrected chi connectivity index (χ2v) is 16.2. The number of hydrogen-bond donors (Lipinski definition) is 3. The monoisotopic (exact) mass is 858 g/mol. The third-order valence-corrected chi connectivity index (χ3v) is 10.4. The normalized spacial score (nSPS) is 14.3. The highest BCUT2D eigenvalue weighted by Gasteiger charge is 2.23. The molecule has 0 rings (SSSR count). The van der Waals surface area contributed by atoms with Crippen LogP contribution in [-0.4, -0.2) is 46.9 Å². The van der Waals surface area contributed by atoms with Crippen LogP contribution in [0.25, 0.3) is 0 Å². The maximum Gasteiger partial charge on any atom is 0.306 e. The molecule has 0 radical (unpaired) electrons. The summed E-state index contributed by atoms with van der Waals surface area (Å²) in [5.41, 5.74) is 0. The highest BCUT2D eigenvalue weighted by molar-refractivity contribution is 5.78. The van der Waals surface area contributed by atoms with Gasteiger partial charge in [0.1, 0.15) is 6.10 Å². The summed E-state index contributed by atoms with van der Waals surface area (Å²) >= 11 is 0. The van der Waals surface area contributed by atoms with Crippen molar-refractivity contribution in [1.82, 2.24) is 5.32 Å². The number of rotatable bonds is 42. The van der Waals surface area contributed by atoms with Gasteiger partial charge in [0.05, 0.1) is 25.2 Å². The van der Waals surface area contributed by atoms with Crippen LogP contribution in [-0.2, 0) is 14.3 Å². The highest BCUT2D eigenvalue weighted by Crippen LogP contribution is 2.15. The third kappa shape index (κ3) is 42.9. The Labute approximate surface area is 380 Å². The summed E-state index contributed by atoms with van der Waals surface area (Å²) in [5.74, 6) is -0.689. The summed E-state index contributed by atoms with van der Waals surface area (Å²) in [6.07, 6.45) is 67.1. The highest BCUT2D eigenvalue weighted by atomic mass is 16.5. The van der Waals surface area contributed by atoms with Crippen LogP contribution in [0.2, 0.25) is 0 Å². The van der Waals surface area contributed by atoms with Gasteiger partial charge in [0.2, 0.25) is 5.91 Å². The molecular formula is C56H91NO5. The molecule has 0 saturated heterocycles. The zero-order valence-corrected chi connectivity index (χ0v) is 39.7. The van der Waals surface area contributed by atoms with Gasteiger partial charge >= 0.3 is 5.97 Å². The van der Waals surface area contributed by atoms with Crippen molar-refractivity contribution in [2.45, 2.75) is 212 Å². The number of ether oxygens (including phenoxy) is 1. The van der Waals surface area contributed by atoms with Crippen molar-refractivity contribution in [2.24, 2.45) is 0 Å². The van der Waals surface area contributed by atoms with Crippen LogP contribution >= 0.6 is 0 Å². The Bertz CT molecular complexity index is 1330. The number of amides is 1. The molecule has 3 atom stereocenters. The number of esters is 1. The fourth-order valence-electron chi connectivity index (χ4n) is 6.67. The molecule has 0 aliphatic carbocycles. The van der Waals surface area contributed by atoms with Crippen molar-refractivity contribution >= 4 is 11.9 Å². The number of nitrogens with one attached hydrogen (secondary N) is 1. The van der Waals surface area contributed by atoms with Gasteiger partial charge in [-0.05, 0) is 76.7 Å². The Morgan fingerprint density at radius 3 is 1.48 bits per heavy atom. The van der Waals surface area contributed by atoms with Crippen molar-refractivity contribution in [3.8, 4) is 0 Å². The largest absolute Gasteiger partial charge is 0.458 e. The van der Waals surface area contributed by atoms with Crippen LogP contribution in [0, 0.1) is 0 Å². The van der Waals surface area contributed by atoms with Crippen molar-refractivity contribution in [1.29, 1.82) is 0 Å². The minimum Gasteiger partial charge on any atom is -0.458 e. The summed E-state index contributed by atoms with van der Waals surface area (Å²) in [4.78, 5) is 26.0. The fraction of sp³-hybridized carbons (Fsp3) is 0.607. The van der Waals surface area contributed by atoms with E-state index in [1.54, 1.807) is 6.08 Å². The predicted molar refractivity (Wildman–Crippen MR) is 268 cm³/mol. The Balaban J connectivity index is 4.87. The molecule has 0 heterocycles. The van der Waals surface area contributed by atoms with Gasteiger partial charge in [-0.2, -0.15) is 0 Å². The molecule has 1 amide bonds. The lowest BCUT2D eigenvalue weighted by Crippen LogP contribution is -2.46. The standard InChI is InChI=1S/C56H91NO5/c1-4-7-10-13-16-19-22-25-26-27-28-31-32-35-38-41-44-47-52(62-56(61)49-46-43-40-37-34-30-24-21-18-15-12-9-6-3)50-55(60)57-53(51-58)54(59)48-45-42-39-36-33-29-23-20-17-14-11-8-5-2/h7,9-10,12,15-16,18-19,21,24-26,28,30-31,34-35,38,44,47,52-54,58-59H,4-6,8,11,13-14,17,20,22-23,27,29,32-33,36-37,39-43,45-46,48-51H2,1-3H3,(H,57,60)/b10-7-,12-9+,18-15+,19-16-,24-21-,26-25-,31-28-,34-30-,38-35-,47-44-. The number of unbranched alkanes of at least 4 members (excludes halogenated alkanes) is 15. The number of allylic oxidation sites excluding steroid dienone is 19. The summed E-state index contributed by atoms with van der Waals surface area (Å²) in [5, 5.41) is 23.7. The molecular weight excluding hydrogens is 767 g/mol. The van der Waals surface area contributed by atoms with Crippen LogP contribution < -0.4 is 5.32 Å². The van der Waals surface area contributed by atoms with Crippen molar-refractivity contribution < 1.29 is 24.5 Å². The molecule has 0 fully saturated rings. The van der Waals surface area contributed by atoms with Crippen LogP contribution in [0.15, 0.2) is 122 Å². The van der Waals surface area contributed by atoms with Gasteiger partial charge in [-0.3, -0.25) is 9.59 Å². The summed E-state index contributed by atoms with van der Waals surface area (Å²) in [6.45, 7) is 6.16. The van der Waals surface area contributed by atoms with Gasteiger partial charge in [0.25, 0.3) is 0 Å². The second kappa shape index (κ2) is 48.3. The molecule has 0 aliphatic heterocycles. The van der Waals surface area contributed by atoms with Gasteiger partial charge in [0.15, 0.2) is 0 Å². The lowest BCUT2D eigenvalue weighted by molar-refractivity contribution is -0.148. The van der Waals surface area contributed by atoms with Gasteiger partial charge in [0, 0.05) is 6.42 Å². The van der Waals surface area contributed by atoms with E-state index in [1.807, 2.05) is 42.5 Å². The van der Waals surface area contributed by atoms with Gasteiger partial charge in [-0.15, -0.1) is 0 Å². The summed E-state index contributed by atoms with van der Waals surface area (Å²) in [7, 11) is 0. The number of hydrogen-bond acceptors (Lipinski definition) is 5. The Hall–Kier alpha value is -3.74. The molecule has 3 N–H and O–H groups in total. The average Bonchev–Trinajstić information content (AvgIpc) is 3.26. The first kappa shape index (κ1) is 58.3. The van der Waals surface area contributed by atoms with Gasteiger partial charge in [-0.1, -0.05) is 226 Å². The molecule has 0 aromatic heterocycles. The van der Waals surface area contributed by atoms with E-state index in [1.165, 1.54) is 64.2 Å². The van der Waals surface area contributed by atoms with E-state index < -0.39 is 18.2 Å². The minimum atomic E-state index is -0.834. The van der Waals surface area contributed by atoms with Crippen LogP contribution in [0.1, 0.15) is 194 Å². The molecule has 3 unspecified atom stereocenters. The first-order valence-corrected chi connectivity index (χ1v) is 24.8. The van der Waals surface area contributed by atoms with E-state index in [9.17, 15) is 19.8 Å². The van der Waals surface area contributed by atoms with Crippen molar-refractivity contribution in [2.75, 3.05) is 6.61 Å². The molecule has 62 heavy (non-hydrogen) atoms. The Kier molecular flexibility index (Phi) is 45.4. The topological polar surface area (TPSA) is 95.9 Å². The number of aliphatic hydroxyl groups excluding tert-OH is 2. The second-order valence-electron chi connectivity index (χ2n) is 16.2. The molecule has 350 valence electrons. The predicted octanol–water partition coefficient (Wildman–Crippen LogP) is 14.9. The van der Waals surface area contributed by atoms with Gasteiger partial charge < -0.3 is 20.3 Å². The molecule has 6 nitrogen and oxygen atoms in total. The summed E-state index contributed by atoms with van der Waals surface area (Å²) in [6, 6.07) is -0.759. The molecule has 6 heteroatoms. The fourth-order valence-corrected chi connectivity index (χ4v) is 6.67. The van der Waals surface area contributed by atoms with E-state index in [4.69, 9.17) is 4.74 Å². The number of carbonyl (C=O) groups excluding carboxylic acids is 2. The van der Waals surface area contributed by atoms with E-state index >= 15 is 0 Å². The first-order valence-electron chi connectivity index (χ1n) is 24.8. The summed E-state index contributed by atoms with van der Waals surface area (Å²) < 4.78 is 5.79. The van der Waals surface area contributed by atoms with Crippen LogP contribution in [0.5, 0.6) is 0 Å². The number of carbonyl (C=O) groups is 2. The maximum atomic E-state index is 13.2. The van der Waals surface area contributed by atoms with Gasteiger partial charge in [-0.25, -0.2) is 0 Å². The van der Waals surface area contributed by atoms with E-state index in [2.05, 4.69) is 99.0 Å². The number of aliphatic hydroxyl groups is 2. The van der Waals surface area contributed by atoms with E-state index in [0.717, 1.165) is 83.5 Å². The zero-order valence-electron chi connectivity index (χ0n) is 39.7. The zero-order chi connectivity index (χ0) is 45.2.